The Balaban J connectivity index is 1.66. The Kier molecular flexibility index (Phi) is 7.54. The first kappa shape index (κ1) is 25.6. The van der Waals surface area contributed by atoms with Gasteiger partial charge in [0.2, 0.25) is 5.91 Å². The predicted molar refractivity (Wildman–Crippen MR) is 142 cm³/mol. The zero-order chi connectivity index (χ0) is 25.9. The van der Waals surface area contributed by atoms with Crippen molar-refractivity contribution in [3.8, 4) is 5.75 Å². The predicted octanol–water partition coefficient (Wildman–Crippen LogP) is 5.32. The molecule has 0 aromatic heterocycles. The Morgan fingerprint density at radius 1 is 1.08 bits per heavy atom. The monoisotopic (exact) mass is 505 g/mol. The molecule has 0 aliphatic carbocycles. The largest absolute Gasteiger partial charge is 0.496 e. The lowest BCUT2D eigenvalue weighted by atomic mass is 9.93. The summed E-state index contributed by atoms with van der Waals surface area (Å²) in [6.45, 7) is 7.77. The van der Waals surface area contributed by atoms with E-state index in [9.17, 15) is 9.59 Å². The van der Waals surface area contributed by atoms with Crippen molar-refractivity contribution in [1.82, 2.24) is 10.2 Å². The molecular formula is C28H31N3O4S. The van der Waals surface area contributed by atoms with Crippen LogP contribution in [0.2, 0.25) is 0 Å². The van der Waals surface area contributed by atoms with Crippen LogP contribution in [0.3, 0.4) is 0 Å². The summed E-state index contributed by atoms with van der Waals surface area (Å²) in [5.74, 6) is 0.0849. The van der Waals surface area contributed by atoms with E-state index in [0.29, 0.717) is 28.7 Å². The van der Waals surface area contributed by atoms with Gasteiger partial charge in [0.05, 0.1) is 30.8 Å². The minimum absolute atomic E-state index is 0.115. The fourth-order valence-corrected chi connectivity index (χ4v) is 5.14. The van der Waals surface area contributed by atoms with E-state index in [2.05, 4.69) is 5.32 Å². The van der Waals surface area contributed by atoms with E-state index in [4.69, 9.17) is 14.5 Å². The second kappa shape index (κ2) is 10.6. The molecule has 0 fully saturated rings. The summed E-state index contributed by atoms with van der Waals surface area (Å²) >= 11 is 1.44. The molecule has 0 radical (unpaired) electrons. The number of benzene rings is 2. The molecule has 1 N–H and O–H groups in total. The second-order valence-corrected chi connectivity index (χ2v) is 10.4. The van der Waals surface area contributed by atoms with Gasteiger partial charge in [-0.1, -0.05) is 60.3 Å². The van der Waals surface area contributed by atoms with Crippen LogP contribution in [-0.4, -0.2) is 34.7 Å². The smallest absolute Gasteiger partial charge is 0.338 e. The van der Waals surface area contributed by atoms with Gasteiger partial charge < -0.3 is 19.7 Å². The van der Waals surface area contributed by atoms with Gasteiger partial charge in [0.15, 0.2) is 5.17 Å². The molecule has 0 unspecified atom stereocenters. The Morgan fingerprint density at radius 2 is 1.78 bits per heavy atom. The number of hydrogen-bond donors (Lipinski definition) is 1. The van der Waals surface area contributed by atoms with Crippen molar-refractivity contribution in [2.24, 2.45) is 4.99 Å². The SMILES string of the molecule is COc1ccccc1[C@@H]1C(C(=O)OC(C)(C)C)=C(C)N=C2SC=C(CC(=O)NCc3ccccc3)N21. The molecular weight excluding hydrogens is 474 g/mol. The minimum atomic E-state index is -0.671. The van der Waals surface area contributed by atoms with E-state index in [0.717, 1.165) is 16.8 Å². The Bertz CT molecular complexity index is 1240. The van der Waals surface area contributed by atoms with Crippen LogP contribution in [0.5, 0.6) is 5.75 Å². The molecule has 2 aromatic carbocycles. The van der Waals surface area contributed by atoms with Crippen molar-refractivity contribution >= 4 is 28.8 Å². The highest BCUT2D eigenvalue weighted by atomic mass is 32.2. The Hall–Kier alpha value is -3.52. The number of amidine groups is 1. The molecule has 0 bridgehead atoms. The molecule has 0 saturated carbocycles. The topological polar surface area (TPSA) is 80.2 Å². The number of rotatable bonds is 7. The van der Waals surface area contributed by atoms with Crippen LogP contribution in [0.15, 0.2) is 82.0 Å². The zero-order valence-corrected chi connectivity index (χ0v) is 22.0. The number of nitrogens with one attached hydrogen (secondary N) is 1. The van der Waals surface area contributed by atoms with E-state index in [-0.39, 0.29) is 12.3 Å². The first-order valence-corrected chi connectivity index (χ1v) is 12.7. The van der Waals surface area contributed by atoms with E-state index in [1.54, 1.807) is 7.11 Å². The average molecular weight is 506 g/mol. The maximum absolute atomic E-state index is 13.5. The molecule has 36 heavy (non-hydrogen) atoms. The highest BCUT2D eigenvalue weighted by Crippen LogP contribution is 2.47. The number of allylic oxidation sites excluding steroid dienone is 1. The summed E-state index contributed by atoms with van der Waals surface area (Å²) < 4.78 is 11.5. The van der Waals surface area contributed by atoms with Gasteiger partial charge in [0.25, 0.3) is 0 Å². The number of nitrogens with zero attached hydrogens (tertiary/aromatic N) is 2. The van der Waals surface area contributed by atoms with Gasteiger partial charge in [-0.15, -0.1) is 0 Å². The van der Waals surface area contributed by atoms with Crippen LogP contribution in [-0.2, 0) is 20.9 Å². The molecule has 0 spiro atoms. The molecule has 0 saturated heterocycles. The molecule has 1 atom stereocenters. The Morgan fingerprint density at radius 3 is 2.47 bits per heavy atom. The molecule has 188 valence electrons. The third-order valence-electron chi connectivity index (χ3n) is 5.73. The summed E-state index contributed by atoms with van der Waals surface area (Å²) in [4.78, 5) is 33.1. The van der Waals surface area contributed by atoms with Gasteiger partial charge in [-0.2, -0.15) is 0 Å². The number of carbonyl (C=O) groups excluding carboxylic acids is 2. The van der Waals surface area contributed by atoms with E-state index >= 15 is 0 Å². The van der Waals surface area contributed by atoms with Crippen LogP contribution < -0.4 is 10.1 Å². The molecule has 2 aliphatic heterocycles. The number of amides is 1. The molecule has 2 aromatic rings. The van der Waals surface area contributed by atoms with Crippen molar-refractivity contribution in [2.45, 2.75) is 52.3 Å². The van der Waals surface area contributed by atoms with Crippen molar-refractivity contribution < 1.29 is 19.1 Å². The number of para-hydroxylation sites is 1. The van der Waals surface area contributed by atoms with Crippen molar-refractivity contribution in [3.05, 3.63) is 88.1 Å². The first-order valence-electron chi connectivity index (χ1n) is 11.8. The number of esters is 1. The normalized spacial score (nSPS) is 17.2. The van der Waals surface area contributed by atoms with Gasteiger partial charge >= 0.3 is 5.97 Å². The molecule has 8 heteroatoms. The Labute approximate surface area is 216 Å². The van der Waals surface area contributed by atoms with Crippen LogP contribution in [0.25, 0.3) is 0 Å². The highest BCUT2D eigenvalue weighted by Gasteiger charge is 2.42. The maximum Gasteiger partial charge on any atom is 0.338 e. The summed E-state index contributed by atoms with van der Waals surface area (Å²) in [5.41, 5.74) is 2.92. The maximum atomic E-state index is 13.5. The second-order valence-electron chi connectivity index (χ2n) is 9.58. The number of aliphatic imine (C=N–C) groups is 1. The minimum Gasteiger partial charge on any atom is -0.496 e. The van der Waals surface area contributed by atoms with E-state index < -0.39 is 17.6 Å². The lowest BCUT2D eigenvalue weighted by Crippen LogP contribution is -2.39. The molecule has 2 heterocycles. The molecule has 2 aliphatic rings. The summed E-state index contributed by atoms with van der Waals surface area (Å²) in [6.07, 6.45) is 0.144. The number of hydrogen-bond acceptors (Lipinski definition) is 7. The first-order chi connectivity index (χ1) is 17.2. The lowest BCUT2D eigenvalue weighted by molar-refractivity contribution is -0.150. The van der Waals surface area contributed by atoms with Crippen LogP contribution >= 0.6 is 11.8 Å². The summed E-state index contributed by atoms with van der Waals surface area (Å²) in [5, 5.41) is 5.62. The number of thioether (sulfide) groups is 1. The lowest BCUT2D eigenvalue weighted by Gasteiger charge is -2.37. The summed E-state index contributed by atoms with van der Waals surface area (Å²) in [6, 6.07) is 16.8. The van der Waals surface area contributed by atoms with E-state index in [1.165, 1.54) is 11.8 Å². The van der Waals surface area contributed by atoms with Crippen molar-refractivity contribution in [2.75, 3.05) is 7.11 Å². The van der Waals surface area contributed by atoms with E-state index in [1.807, 2.05) is 92.6 Å². The van der Waals surface area contributed by atoms with Gasteiger partial charge in [0, 0.05) is 17.8 Å². The highest BCUT2D eigenvalue weighted by molar-refractivity contribution is 8.16. The third kappa shape index (κ3) is 5.65. The van der Waals surface area contributed by atoms with Crippen LogP contribution in [0, 0.1) is 0 Å². The standard InChI is InChI=1S/C28H31N3O4S/c1-18-24(26(33)35-28(2,3)4)25(21-13-9-10-14-22(21)34-5)31-20(17-36-27(31)30-18)15-23(32)29-16-19-11-7-6-8-12-19/h6-14,17,25H,15-16H2,1-5H3,(H,29,32)/t25-/m1/s1. The molecule has 7 nitrogen and oxygen atoms in total. The van der Waals surface area contributed by atoms with Crippen LogP contribution in [0.4, 0.5) is 0 Å². The van der Waals surface area contributed by atoms with Gasteiger partial charge in [-0.25, -0.2) is 9.79 Å². The molecule has 4 rings (SSSR count). The van der Waals surface area contributed by atoms with Gasteiger partial charge in [-0.3, -0.25) is 4.79 Å². The third-order valence-corrected chi connectivity index (χ3v) is 6.62. The van der Waals surface area contributed by atoms with Gasteiger partial charge in [0.1, 0.15) is 11.4 Å². The van der Waals surface area contributed by atoms with Crippen molar-refractivity contribution in [1.29, 1.82) is 0 Å². The summed E-state index contributed by atoms with van der Waals surface area (Å²) in [7, 11) is 1.60. The number of fused-ring (bicyclic) bond motifs is 1. The fourth-order valence-electron chi connectivity index (χ4n) is 4.17. The number of ether oxygens (including phenoxy) is 2. The quantitative estimate of drug-likeness (QED) is 0.513. The van der Waals surface area contributed by atoms with Crippen LogP contribution in [0.1, 0.15) is 51.3 Å². The van der Waals surface area contributed by atoms with Gasteiger partial charge in [-0.05, 0) is 44.7 Å². The number of methoxy groups -OCH3 is 1. The van der Waals surface area contributed by atoms with Crippen molar-refractivity contribution in [3.63, 3.8) is 0 Å². The fraction of sp³-hybridized carbons (Fsp3) is 0.321. The average Bonchev–Trinajstić information content (AvgIpc) is 3.23. The number of carbonyl (C=O) groups is 2. The zero-order valence-electron chi connectivity index (χ0n) is 21.2. The molecule has 1 amide bonds.